The zero-order chi connectivity index (χ0) is 11.1. The van der Waals surface area contributed by atoms with Crippen LogP contribution in [0.5, 0.6) is 0 Å². The van der Waals surface area contributed by atoms with Crippen LogP contribution in [0.25, 0.3) is 0 Å². The lowest BCUT2D eigenvalue weighted by Crippen LogP contribution is -2.22. The third kappa shape index (κ3) is 2.95. The van der Waals surface area contributed by atoms with Crippen molar-refractivity contribution in [1.29, 1.82) is 0 Å². The van der Waals surface area contributed by atoms with Crippen molar-refractivity contribution in [2.24, 2.45) is 5.73 Å². The average Bonchev–Trinajstić information content (AvgIpc) is 2.30. The molecule has 1 aromatic rings. The van der Waals surface area contributed by atoms with Crippen molar-refractivity contribution in [2.75, 3.05) is 0 Å². The topological polar surface area (TPSA) is 63.4 Å². The summed E-state index contributed by atoms with van der Waals surface area (Å²) in [6.45, 7) is 0.339. The van der Waals surface area contributed by atoms with Crippen LogP contribution in [0.1, 0.15) is 5.56 Å². The Balaban J connectivity index is 2.78. The molecule has 0 radical (unpaired) electrons. The molecule has 4 nitrogen and oxygen atoms in total. The minimum atomic E-state index is 0.161. The molecule has 2 N–H and O–H groups in total. The number of rotatable bonds is 5. The molecule has 0 unspecified atom stereocenters. The summed E-state index contributed by atoms with van der Waals surface area (Å²) >= 11 is 0. The number of amides is 1. The van der Waals surface area contributed by atoms with Crippen molar-refractivity contribution in [3.05, 3.63) is 47.8 Å². The minimum absolute atomic E-state index is 0.161. The molecule has 0 aliphatic rings. The van der Waals surface area contributed by atoms with Crippen LogP contribution >= 0.6 is 0 Å². The molecule has 0 bridgehead atoms. The van der Waals surface area contributed by atoms with Crippen molar-refractivity contribution in [3.8, 4) is 0 Å². The minimum Gasteiger partial charge on any atom is -0.403 e. The smallest absolute Gasteiger partial charge is 0.214 e. The van der Waals surface area contributed by atoms with E-state index in [1.165, 1.54) is 4.90 Å². The van der Waals surface area contributed by atoms with E-state index in [9.17, 15) is 9.59 Å². The summed E-state index contributed by atoms with van der Waals surface area (Å²) in [6.07, 6.45) is 2.25. The quantitative estimate of drug-likeness (QED) is 0.565. The lowest BCUT2D eigenvalue weighted by Gasteiger charge is -2.16. The van der Waals surface area contributed by atoms with Gasteiger partial charge in [0.25, 0.3) is 0 Å². The van der Waals surface area contributed by atoms with Crippen LogP contribution in [0.4, 0.5) is 0 Å². The summed E-state index contributed by atoms with van der Waals surface area (Å²) in [7, 11) is 0. The van der Waals surface area contributed by atoms with E-state index in [0.29, 0.717) is 19.2 Å². The fourth-order valence-electron chi connectivity index (χ4n) is 1.17. The number of benzene rings is 1. The van der Waals surface area contributed by atoms with E-state index in [2.05, 4.69) is 0 Å². The molecule has 0 aliphatic heterocycles. The standard InChI is InChI=1S/C11H12N2O2/c12-6-11(8-14)13(9-15)7-10-4-2-1-3-5-10/h1-6,8-9H,7,12H2/b11-6-. The second kappa shape index (κ2) is 5.59. The lowest BCUT2D eigenvalue weighted by molar-refractivity contribution is -0.119. The fraction of sp³-hybridized carbons (Fsp3) is 0.0909. The van der Waals surface area contributed by atoms with E-state index < -0.39 is 0 Å². The first-order valence-electron chi connectivity index (χ1n) is 4.44. The number of nitrogens with two attached hydrogens (primary N) is 1. The summed E-state index contributed by atoms with van der Waals surface area (Å²) in [5, 5.41) is 0. The van der Waals surface area contributed by atoms with E-state index >= 15 is 0 Å². The van der Waals surface area contributed by atoms with Crippen LogP contribution in [-0.2, 0) is 16.1 Å². The molecule has 0 atom stereocenters. The zero-order valence-corrected chi connectivity index (χ0v) is 8.17. The van der Waals surface area contributed by atoms with Gasteiger partial charge in [-0.3, -0.25) is 9.59 Å². The third-order valence-corrected chi connectivity index (χ3v) is 1.95. The van der Waals surface area contributed by atoms with E-state index in [0.717, 1.165) is 11.8 Å². The van der Waals surface area contributed by atoms with Gasteiger partial charge < -0.3 is 10.6 Å². The highest BCUT2D eigenvalue weighted by Gasteiger charge is 2.07. The molecule has 0 saturated carbocycles. The van der Waals surface area contributed by atoms with E-state index in [1.807, 2.05) is 30.3 Å². The highest BCUT2D eigenvalue weighted by atomic mass is 16.1. The number of aldehydes is 1. The number of nitrogens with zero attached hydrogens (tertiary/aromatic N) is 1. The van der Waals surface area contributed by atoms with Gasteiger partial charge in [-0.2, -0.15) is 0 Å². The Morgan fingerprint density at radius 2 is 1.93 bits per heavy atom. The second-order valence-corrected chi connectivity index (χ2v) is 2.93. The van der Waals surface area contributed by atoms with Gasteiger partial charge in [-0.15, -0.1) is 0 Å². The monoisotopic (exact) mass is 204 g/mol. The maximum Gasteiger partial charge on any atom is 0.214 e. The van der Waals surface area contributed by atoms with Gasteiger partial charge >= 0.3 is 0 Å². The first-order valence-corrected chi connectivity index (χ1v) is 4.44. The Kier molecular flexibility index (Phi) is 4.09. The normalized spacial score (nSPS) is 10.8. The van der Waals surface area contributed by atoms with Crippen molar-refractivity contribution >= 4 is 12.7 Å². The third-order valence-electron chi connectivity index (χ3n) is 1.95. The van der Waals surface area contributed by atoms with Gasteiger partial charge in [0, 0.05) is 6.20 Å². The van der Waals surface area contributed by atoms with Crippen molar-refractivity contribution in [2.45, 2.75) is 6.54 Å². The second-order valence-electron chi connectivity index (χ2n) is 2.93. The highest BCUT2D eigenvalue weighted by Crippen LogP contribution is 2.06. The van der Waals surface area contributed by atoms with Gasteiger partial charge in [-0.05, 0) is 5.56 Å². The molecular weight excluding hydrogens is 192 g/mol. The van der Waals surface area contributed by atoms with Crippen LogP contribution in [0.2, 0.25) is 0 Å². The number of allylic oxidation sites excluding steroid dienone is 1. The van der Waals surface area contributed by atoms with Crippen molar-refractivity contribution in [3.63, 3.8) is 0 Å². The predicted molar refractivity (Wildman–Crippen MR) is 56.4 cm³/mol. The van der Waals surface area contributed by atoms with E-state index in [4.69, 9.17) is 5.73 Å². The number of hydrogen-bond acceptors (Lipinski definition) is 3. The molecule has 1 amide bonds. The summed E-state index contributed by atoms with van der Waals surface area (Å²) in [4.78, 5) is 22.6. The molecule has 15 heavy (non-hydrogen) atoms. The SMILES string of the molecule is N/C=C(/C=O)N(C=O)Cc1ccccc1. The van der Waals surface area contributed by atoms with Gasteiger partial charge in [-0.1, -0.05) is 30.3 Å². The fourth-order valence-corrected chi connectivity index (χ4v) is 1.17. The van der Waals surface area contributed by atoms with Crippen molar-refractivity contribution in [1.82, 2.24) is 4.90 Å². The number of hydrogen-bond donors (Lipinski definition) is 1. The Bertz CT molecular complexity index is 360. The van der Waals surface area contributed by atoms with Crippen LogP contribution < -0.4 is 5.73 Å². The molecule has 0 aromatic heterocycles. The maximum atomic E-state index is 10.7. The van der Waals surface area contributed by atoms with Gasteiger partial charge in [-0.25, -0.2) is 0 Å². The Morgan fingerprint density at radius 1 is 1.27 bits per heavy atom. The van der Waals surface area contributed by atoms with E-state index in [1.54, 1.807) is 0 Å². The van der Waals surface area contributed by atoms with Crippen LogP contribution in [0.15, 0.2) is 42.2 Å². The molecule has 4 heteroatoms. The average molecular weight is 204 g/mol. The van der Waals surface area contributed by atoms with E-state index in [-0.39, 0.29) is 5.70 Å². The summed E-state index contributed by atoms with van der Waals surface area (Å²) in [6, 6.07) is 9.36. The zero-order valence-electron chi connectivity index (χ0n) is 8.17. The first kappa shape index (κ1) is 11.0. The van der Waals surface area contributed by atoms with Crippen LogP contribution in [0.3, 0.4) is 0 Å². The van der Waals surface area contributed by atoms with Crippen molar-refractivity contribution < 1.29 is 9.59 Å². The van der Waals surface area contributed by atoms with Crippen LogP contribution in [0, 0.1) is 0 Å². The lowest BCUT2D eigenvalue weighted by atomic mass is 10.2. The molecule has 1 rings (SSSR count). The number of carbonyl (C=O) groups excluding carboxylic acids is 2. The maximum absolute atomic E-state index is 10.7. The largest absolute Gasteiger partial charge is 0.403 e. The first-order chi connectivity index (χ1) is 7.31. The Hall–Kier alpha value is -2.10. The molecule has 0 saturated heterocycles. The molecule has 78 valence electrons. The molecule has 0 aliphatic carbocycles. The van der Waals surface area contributed by atoms with Gasteiger partial charge in [0.1, 0.15) is 0 Å². The summed E-state index contributed by atoms with van der Waals surface area (Å²) in [5.74, 6) is 0. The van der Waals surface area contributed by atoms with Gasteiger partial charge in [0.05, 0.1) is 12.2 Å². The summed E-state index contributed by atoms with van der Waals surface area (Å²) < 4.78 is 0. The summed E-state index contributed by atoms with van der Waals surface area (Å²) in [5.41, 5.74) is 6.32. The Labute approximate surface area is 88.0 Å². The van der Waals surface area contributed by atoms with Gasteiger partial charge in [0.15, 0.2) is 6.29 Å². The van der Waals surface area contributed by atoms with Gasteiger partial charge in [0.2, 0.25) is 6.41 Å². The molecule has 1 aromatic carbocycles. The molecular formula is C11H12N2O2. The highest BCUT2D eigenvalue weighted by molar-refractivity contribution is 5.76. The molecule has 0 fully saturated rings. The number of carbonyl (C=O) groups is 2. The predicted octanol–water partition coefficient (Wildman–Crippen LogP) is 0.644. The Morgan fingerprint density at radius 3 is 2.40 bits per heavy atom. The van der Waals surface area contributed by atoms with Crippen LogP contribution in [-0.4, -0.2) is 17.6 Å². The molecule has 0 heterocycles. The molecule has 0 spiro atoms.